The van der Waals surface area contributed by atoms with E-state index in [4.69, 9.17) is 9.47 Å². The quantitative estimate of drug-likeness (QED) is 0.402. The Labute approximate surface area is 205 Å². The molecule has 8 heteroatoms. The maximum absolute atomic E-state index is 13.5. The lowest BCUT2D eigenvalue weighted by atomic mass is 9.85. The summed E-state index contributed by atoms with van der Waals surface area (Å²) in [5, 5.41) is 0.622. The molecule has 0 unspecified atom stereocenters. The van der Waals surface area contributed by atoms with Crippen LogP contribution in [0.25, 0.3) is 10.8 Å². The highest BCUT2D eigenvalue weighted by Gasteiger charge is 2.40. The first-order valence-electron chi connectivity index (χ1n) is 11.1. The molecular weight excluding hydrogens is 460 g/mol. The van der Waals surface area contributed by atoms with Gasteiger partial charge in [0.25, 0.3) is 23.6 Å². The molecule has 2 aliphatic heterocycles. The minimum atomic E-state index is -0.542. The number of hydrogen-bond acceptors (Lipinski definition) is 6. The number of anilines is 2. The van der Waals surface area contributed by atoms with E-state index in [1.165, 1.54) is 38.5 Å². The maximum atomic E-state index is 13.5. The van der Waals surface area contributed by atoms with Crippen LogP contribution in [0.15, 0.2) is 72.8 Å². The van der Waals surface area contributed by atoms with E-state index >= 15 is 0 Å². The van der Waals surface area contributed by atoms with Crippen molar-refractivity contribution < 1.29 is 28.7 Å². The van der Waals surface area contributed by atoms with Crippen LogP contribution in [-0.4, -0.2) is 37.8 Å². The van der Waals surface area contributed by atoms with Gasteiger partial charge in [-0.15, -0.1) is 0 Å². The molecule has 0 aliphatic carbocycles. The Bertz CT molecular complexity index is 1460. The van der Waals surface area contributed by atoms with E-state index in [2.05, 4.69) is 0 Å². The van der Waals surface area contributed by atoms with Gasteiger partial charge in [0.1, 0.15) is 11.5 Å². The zero-order valence-electron chi connectivity index (χ0n) is 19.3. The molecule has 4 aromatic rings. The van der Waals surface area contributed by atoms with Gasteiger partial charge in [-0.25, -0.2) is 9.80 Å². The number of benzene rings is 4. The van der Waals surface area contributed by atoms with E-state index in [1.54, 1.807) is 48.5 Å². The minimum absolute atomic E-state index is 0.239. The maximum Gasteiger partial charge on any atom is 0.265 e. The lowest BCUT2D eigenvalue weighted by molar-refractivity contribution is 0.0873. The van der Waals surface area contributed by atoms with Crippen LogP contribution in [-0.2, 0) is 0 Å². The standard InChI is InChI=1S/C28H18N2O6/c1-35-17-7-3-5-15(13-17)29-25(31)19-9-11-21-24-22(12-10-20(23(19)24)26(29)32)28(34)30(27(21)33)16-6-4-8-18(14-16)36-2/h3-14H,1-2H3. The molecule has 0 bridgehead atoms. The van der Waals surface area contributed by atoms with Gasteiger partial charge in [0, 0.05) is 45.2 Å². The minimum Gasteiger partial charge on any atom is -0.497 e. The number of imide groups is 2. The first-order valence-corrected chi connectivity index (χ1v) is 11.1. The van der Waals surface area contributed by atoms with Crippen molar-refractivity contribution in [1.29, 1.82) is 0 Å². The molecule has 6 rings (SSSR count). The predicted octanol–water partition coefficient (Wildman–Crippen LogP) is 4.46. The van der Waals surface area contributed by atoms with Crippen LogP contribution < -0.4 is 19.3 Å². The summed E-state index contributed by atoms with van der Waals surface area (Å²) in [4.78, 5) is 56.3. The van der Waals surface area contributed by atoms with Crippen molar-refractivity contribution in [2.75, 3.05) is 24.0 Å². The molecule has 0 saturated carbocycles. The molecule has 4 aromatic carbocycles. The van der Waals surface area contributed by atoms with E-state index in [-0.39, 0.29) is 22.3 Å². The smallest absolute Gasteiger partial charge is 0.265 e. The van der Waals surface area contributed by atoms with Crippen molar-refractivity contribution in [2.24, 2.45) is 0 Å². The normalized spacial score (nSPS) is 14.5. The van der Waals surface area contributed by atoms with Crippen molar-refractivity contribution in [2.45, 2.75) is 0 Å². The molecule has 0 radical (unpaired) electrons. The number of carbonyl (C=O) groups excluding carboxylic acids is 4. The number of nitrogens with zero attached hydrogens (tertiary/aromatic N) is 2. The molecular formula is C28H18N2O6. The van der Waals surface area contributed by atoms with Gasteiger partial charge < -0.3 is 9.47 Å². The van der Waals surface area contributed by atoms with Crippen molar-refractivity contribution >= 4 is 45.8 Å². The summed E-state index contributed by atoms with van der Waals surface area (Å²) >= 11 is 0. The summed E-state index contributed by atoms with van der Waals surface area (Å²) in [6.07, 6.45) is 0. The monoisotopic (exact) mass is 478 g/mol. The van der Waals surface area contributed by atoms with E-state index < -0.39 is 23.6 Å². The molecule has 8 nitrogen and oxygen atoms in total. The third kappa shape index (κ3) is 2.88. The van der Waals surface area contributed by atoms with Crippen LogP contribution in [0.3, 0.4) is 0 Å². The molecule has 2 aliphatic rings. The summed E-state index contributed by atoms with van der Waals surface area (Å²) in [5.74, 6) is -1.17. The summed E-state index contributed by atoms with van der Waals surface area (Å²) in [6, 6.07) is 19.4. The molecule has 0 spiro atoms. The van der Waals surface area contributed by atoms with Gasteiger partial charge in [-0.1, -0.05) is 12.1 Å². The van der Waals surface area contributed by atoms with Crippen LogP contribution in [0.5, 0.6) is 11.5 Å². The Morgan fingerprint density at radius 2 is 0.833 bits per heavy atom. The van der Waals surface area contributed by atoms with Crippen molar-refractivity contribution in [3.63, 3.8) is 0 Å². The topological polar surface area (TPSA) is 93.2 Å². The van der Waals surface area contributed by atoms with Gasteiger partial charge >= 0.3 is 0 Å². The number of carbonyl (C=O) groups is 4. The van der Waals surface area contributed by atoms with Crippen molar-refractivity contribution in [3.05, 3.63) is 95.1 Å². The SMILES string of the molecule is COc1cccc(N2C(=O)c3ccc4c5c(ccc(c35)C2=O)C(=O)N(c2cccc(OC)c2)C4=O)c1. The number of hydrogen-bond donors (Lipinski definition) is 0. The van der Waals surface area contributed by atoms with Crippen molar-refractivity contribution in [1.82, 2.24) is 0 Å². The Morgan fingerprint density at radius 1 is 0.500 bits per heavy atom. The average Bonchev–Trinajstić information content (AvgIpc) is 2.91. The molecule has 0 saturated heterocycles. The van der Waals surface area contributed by atoms with Gasteiger partial charge in [-0.3, -0.25) is 19.2 Å². The van der Waals surface area contributed by atoms with Crippen LogP contribution in [0.4, 0.5) is 11.4 Å². The van der Waals surface area contributed by atoms with Crippen LogP contribution in [0.2, 0.25) is 0 Å². The fraction of sp³-hybridized carbons (Fsp3) is 0.0714. The lowest BCUT2D eigenvalue weighted by Crippen LogP contribution is -2.43. The van der Waals surface area contributed by atoms with E-state index in [1.807, 2.05) is 0 Å². The fourth-order valence-electron chi connectivity index (χ4n) is 4.84. The zero-order chi connectivity index (χ0) is 25.1. The number of rotatable bonds is 4. The second-order valence-corrected chi connectivity index (χ2v) is 8.37. The Morgan fingerprint density at radius 3 is 1.14 bits per heavy atom. The fourth-order valence-corrected chi connectivity index (χ4v) is 4.84. The van der Waals surface area contributed by atoms with Gasteiger partial charge in [0.2, 0.25) is 0 Å². The predicted molar refractivity (Wildman–Crippen MR) is 132 cm³/mol. The second kappa shape index (κ2) is 7.78. The highest BCUT2D eigenvalue weighted by molar-refractivity contribution is 6.42. The third-order valence-electron chi connectivity index (χ3n) is 6.52. The van der Waals surface area contributed by atoms with Gasteiger partial charge in [-0.05, 0) is 48.5 Å². The lowest BCUT2D eigenvalue weighted by Gasteiger charge is -2.32. The number of amides is 4. The van der Waals surface area contributed by atoms with Crippen LogP contribution in [0, 0.1) is 0 Å². The Hall–Kier alpha value is -4.98. The molecule has 4 amide bonds. The Kier molecular flexibility index (Phi) is 4.65. The molecule has 0 fully saturated rings. The zero-order valence-corrected chi connectivity index (χ0v) is 19.3. The molecule has 0 N–H and O–H groups in total. The summed E-state index contributed by atoms with van der Waals surface area (Å²) in [7, 11) is 3.00. The highest BCUT2D eigenvalue weighted by Crippen LogP contribution is 2.40. The number of methoxy groups -OCH3 is 2. The first-order chi connectivity index (χ1) is 17.4. The summed E-state index contributed by atoms with van der Waals surface area (Å²) in [6.45, 7) is 0. The van der Waals surface area contributed by atoms with Gasteiger partial charge in [0.05, 0.1) is 25.6 Å². The third-order valence-corrected chi connectivity index (χ3v) is 6.52. The van der Waals surface area contributed by atoms with Crippen LogP contribution in [0.1, 0.15) is 41.4 Å². The molecule has 0 aromatic heterocycles. The summed E-state index contributed by atoms with van der Waals surface area (Å²) < 4.78 is 10.5. The van der Waals surface area contributed by atoms with E-state index in [9.17, 15) is 19.2 Å². The highest BCUT2D eigenvalue weighted by atomic mass is 16.5. The summed E-state index contributed by atoms with van der Waals surface area (Å²) in [5.41, 5.74) is 1.68. The molecule has 2 heterocycles. The van der Waals surface area contributed by atoms with E-state index in [0.717, 1.165) is 9.80 Å². The van der Waals surface area contributed by atoms with E-state index in [0.29, 0.717) is 33.6 Å². The first kappa shape index (κ1) is 21.5. The van der Waals surface area contributed by atoms with Crippen molar-refractivity contribution in [3.8, 4) is 11.5 Å². The molecule has 36 heavy (non-hydrogen) atoms. The van der Waals surface area contributed by atoms with Crippen LogP contribution >= 0.6 is 0 Å². The molecule has 0 atom stereocenters. The average molecular weight is 478 g/mol. The molecule has 176 valence electrons. The second-order valence-electron chi connectivity index (χ2n) is 8.37. The Balaban J connectivity index is 1.53. The largest absolute Gasteiger partial charge is 0.497 e. The van der Waals surface area contributed by atoms with Gasteiger partial charge in [0.15, 0.2) is 0 Å². The van der Waals surface area contributed by atoms with Gasteiger partial charge in [-0.2, -0.15) is 0 Å². The number of ether oxygens (including phenoxy) is 2.